The SMILES string of the molecule is C=CCCC(=O)N[C@H]1COC(=O)c2cc(OC)cc(O)c2CSC[C@@H](C(=O)OC)NC1=O. The van der Waals surface area contributed by atoms with Crippen LogP contribution in [-0.2, 0) is 29.6 Å². The topological polar surface area (TPSA) is 140 Å². The summed E-state index contributed by atoms with van der Waals surface area (Å²) in [4.78, 5) is 49.8. The summed E-state index contributed by atoms with van der Waals surface area (Å²) in [5.74, 6) is -2.27. The maximum Gasteiger partial charge on any atom is 0.338 e. The minimum atomic E-state index is -1.24. The van der Waals surface area contributed by atoms with Crippen molar-refractivity contribution < 1.29 is 38.5 Å². The average Bonchev–Trinajstić information content (AvgIpc) is 2.78. The highest BCUT2D eigenvalue weighted by Gasteiger charge is 2.30. The number of methoxy groups -OCH3 is 2. The zero-order valence-electron chi connectivity index (χ0n) is 17.8. The van der Waals surface area contributed by atoms with Crippen molar-refractivity contribution in [1.29, 1.82) is 0 Å². The average molecular weight is 467 g/mol. The number of rotatable bonds is 6. The zero-order chi connectivity index (χ0) is 23.7. The Morgan fingerprint density at radius 1 is 1.38 bits per heavy atom. The Balaban J connectivity index is 2.37. The van der Waals surface area contributed by atoms with Gasteiger partial charge in [-0.3, -0.25) is 9.59 Å². The number of hydrogen-bond acceptors (Lipinski definition) is 9. The van der Waals surface area contributed by atoms with Gasteiger partial charge < -0.3 is 30.0 Å². The fourth-order valence-corrected chi connectivity index (χ4v) is 3.94. The number of hydrogen-bond donors (Lipinski definition) is 3. The lowest BCUT2D eigenvalue weighted by atomic mass is 10.1. The van der Waals surface area contributed by atoms with Crippen molar-refractivity contribution in [2.45, 2.75) is 30.7 Å². The molecule has 0 saturated carbocycles. The van der Waals surface area contributed by atoms with Crippen LogP contribution in [0.2, 0.25) is 0 Å². The van der Waals surface area contributed by atoms with E-state index in [1.807, 2.05) is 0 Å². The molecular weight excluding hydrogens is 440 g/mol. The van der Waals surface area contributed by atoms with Gasteiger partial charge in [0.05, 0.1) is 19.8 Å². The molecule has 0 bridgehead atoms. The normalized spacial score (nSPS) is 19.2. The molecule has 0 saturated heterocycles. The smallest absolute Gasteiger partial charge is 0.338 e. The van der Waals surface area contributed by atoms with E-state index in [0.717, 1.165) is 0 Å². The van der Waals surface area contributed by atoms with E-state index in [1.165, 1.54) is 38.1 Å². The van der Waals surface area contributed by atoms with Crippen LogP contribution in [0, 0.1) is 0 Å². The van der Waals surface area contributed by atoms with Gasteiger partial charge in [0.2, 0.25) is 11.8 Å². The molecule has 0 spiro atoms. The quantitative estimate of drug-likeness (QED) is 0.412. The number of allylic oxidation sites excluding steroid dienone is 1. The van der Waals surface area contributed by atoms with E-state index >= 15 is 0 Å². The van der Waals surface area contributed by atoms with Crippen molar-refractivity contribution in [3.05, 3.63) is 35.9 Å². The van der Waals surface area contributed by atoms with Crippen LogP contribution in [0.25, 0.3) is 0 Å². The number of cyclic esters (lactones) is 1. The Hall–Kier alpha value is -3.21. The second-order valence-electron chi connectivity index (χ2n) is 6.82. The van der Waals surface area contributed by atoms with Gasteiger partial charge in [-0.05, 0) is 12.5 Å². The fourth-order valence-electron chi connectivity index (χ4n) is 2.86. The number of carbonyl (C=O) groups is 4. The van der Waals surface area contributed by atoms with Gasteiger partial charge in [0.1, 0.15) is 30.2 Å². The summed E-state index contributed by atoms with van der Waals surface area (Å²) in [6, 6.07) is 0.527. The van der Waals surface area contributed by atoms with E-state index in [4.69, 9.17) is 14.2 Å². The lowest BCUT2D eigenvalue weighted by molar-refractivity contribution is -0.144. The Morgan fingerprint density at radius 2 is 2.12 bits per heavy atom. The van der Waals surface area contributed by atoms with Gasteiger partial charge in [-0.2, -0.15) is 11.8 Å². The van der Waals surface area contributed by atoms with Crippen molar-refractivity contribution >= 4 is 35.5 Å². The van der Waals surface area contributed by atoms with Crippen LogP contribution in [0.1, 0.15) is 28.8 Å². The predicted molar refractivity (Wildman–Crippen MR) is 116 cm³/mol. The highest BCUT2D eigenvalue weighted by molar-refractivity contribution is 7.98. The van der Waals surface area contributed by atoms with E-state index in [2.05, 4.69) is 17.2 Å². The van der Waals surface area contributed by atoms with Crippen LogP contribution in [0.5, 0.6) is 11.5 Å². The van der Waals surface area contributed by atoms with Gasteiger partial charge in [-0.1, -0.05) is 6.08 Å². The highest BCUT2D eigenvalue weighted by Crippen LogP contribution is 2.32. The Labute approximate surface area is 189 Å². The number of aromatic hydroxyl groups is 1. The van der Waals surface area contributed by atoms with Gasteiger partial charge in [0.25, 0.3) is 0 Å². The molecule has 0 aromatic heterocycles. The van der Waals surface area contributed by atoms with Gasteiger partial charge in [0, 0.05) is 29.6 Å². The first-order valence-corrected chi connectivity index (χ1v) is 10.9. The number of esters is 2. The van der Waals surface area contributed by atoms with Gasteiger partial charge in [0.15, 0.2) is 0 Å². The molecule has 2 amide bonds. The first-order chi connectivity index (χ1) is 15.3. The van der Waals surface area contributed by atoms with Crippen molar-refractivity contribution in [3.8, 4) is 11.5 Å². The van der Waals surface area contributed by atoms with E-state index in [1.54, 1.807) is 6.08 Å². The number of fused-ring (bicyclic) bond motifs is 1. The molecule has 1 aliphatic rings. The lowest BCUT2D eigenvalue weighted by Crippen LogP contribution is -2.54. The van der Waals surface area contributed by atoms with Crippen molar-refractivity contribution in [2.24, 2.45) is 0 Å². The van der Waals surface area contributed by atoms with Crippen LogP contribution < -0.4 is 15.4 Å². The maximum absolute atomic E-state index is 12.8. The summed E-state index contributed by atoms with van der Waals surface area (Å²) in [7, 11) is 2.58. The first-order valence-electron chi connectivity index (χ1n) is 9.73. The minimum Gasteiger partial charge on any atom is -0.507 e. The number of nitrogens with one attached hydrogen (secondary N) is 2. The summed E-state index contributed by atoms with van der Waals surface area (Å²) in [5, 5.41) is 15.4. The van der Waals surface area contributed by atoms with E-state index in [9.17, 15) is 24.3 Å². The van der Waals surface area contributed by atoms with Crippen LogP contribution >= 0.6 is 11.8 Å². The number of phenolic OH excluding ortho intramolecular Hbond substituents is 1. The molecule has 174 valence electrons. The van der Waals surface area contributed by atoms with Crippen molar-refractivity contribution in [3.63, 3.8) is 0 Å². The maximum atomic E-state index is 12.8. The van der Waals surface area contributed by atoms with Crippen LogP contribution in [0.4, 0.5) is 0 Å². The summed E-state index contributed by atoms with van der Waals surface area (Å²) < 4.78 is 15.1. The van der Waals surface area contributed by atoms with Gasteiger partial charge >= 0.3 is 11.9 Å². The second-order valence-corrected chi connectivity index (χ2v) is 7.85. The van der Waals surface area contributed by atoms with Crippen LogP contribution in [-0.4, -0.2) is 67.5 Å². The fraction of sp³-hybridized carbons (Fsp3) is 0.429. The predicted octanol–water partition coefficient (Wildman–Crippen LogP) is 0.913. The molecule has 0 fully saturated rings. The largest absolute Gasteiger partial charge is 0.507 e. The minimum absolute atomic E-state index is 0.0571. The van der Waals surface area contributed by atoms with Crippen molar-refractivity contribution in [1.82, 2.24) is 10.6 Å². The zero-order valence-corrected chi connectivity index (χ0v) is 18.7. The summed E-state index contributed by atoms with van der Waals surface area (Å²) in [6.07, 6.45) is 2.04. The number of benzene rings is 1. The molecule has 1 aromatic carbocycles. The number of phenols is 1. The summed E-state index contributed by atoms with van der Waals surface area (Å²) in [6.45, 7) is 3.06. The molecule has 0 radical (unpaired) electrons. The number of carbonyl (C=O) groups excluding carboxylic acids is 4. The second kappa shape index (κ2) is 12.0. The number of ether oxygens (including phenoxy) is 3. The molecule has 11 heteroatoms. The molecule has 2 rings (SSSR count). The third-order valence-electron chi connectivity index (χ3n) is 4.60. The Kier molecular flexibility index (Phi) is 9.39. The molecule has 32 heavy (non-hydrogen) atoms. The molecule has 0 aliphatic carbocycles. The van der Waals surface area contributed by atoms with Crippen LogP contribution in [0.15, 0.2) is 24.8 Å². The van der Waals surface area contributed by atoms with E-state index in [0.29, 0.717) is 12.0 Å². The molecule has 10 nitrogen and oxygen atoms in total. The molecule has 1 aromatic rings. The highest BCUT2D eigenvalue weighted by atomic mass is 32.2. The lowest BCUT2D eigenvalue weighted by Gasteiger charge is -2.23. The third kappa shape index (κ3) is 6.64. The Morgan fingerprint density at radius 3 is 2.78 bits per heavy atom. The summed E-state index contributed by atoms with van der Waals surface area (Å²) >= 11 is 1.20. The monoisotopic (exact) mass is 466 g/mol. The molecule has 0 unspecified atom stereocenters. The summed E-state index contributed by atoms with van der Waals surface area (Å²) in [5.41, 5.74) is 0.351. The van der Waals surface area contributed by atoms with Gasteiger partial charge in [-0.25, -0.2) is 9.59 Å². The first kappa shape index (κ1) is 25.1. The molecule has 1 heterocycles. The number of thioether (sulfide) groups is 1. The Bertz CT molecular complexity index is 889. The van der Waals surface area contributed by atoms with Gasteiger partial charge in [-0.15, -0.1) is 6.58 Å². The molecule has 1 aliphatic heterocycles. The molecule has 2 atom stereocenters. The van der Waals surface area contributed by atoms with E-state index < -0.39 is 42.4 Å². The number of amides is 2. The van der Waals surface area contributed by atoms with Crippen LogP contribution in [0.3, 0.4) is 0 Å². The molecular formula is C21H26N2O8S. The molecule has 3 N–H and O–H groups in total. The standard InChI is InChI=1S/C21H26N2O8S/c1-4-5-6-18(25)22-15-9-31-20(27)13-7-12(29-2)8-17(24)14(13)10-32-11-16(21(28)30-3)23-19(15)26/h4,7-8,15-16,24H,1,5-6,9-11H2,2-3H3,(H,22,25)(H,23,26)/t15-,16-/m0/s1. The van der Waals surface area contributed by atoms with E-state index in [-0.39, 0.29) is 35.0 Å². The third-order valence-corrected chi connectivity index (χ3v) is 5.66. The van der Waals surface area contributed by atoms with Crippen molar-refractivity contribution in [2.75, 3.05) is 26.6 Å².